The number of aliphatic carboxylic acids is 1. The van der Waals surface area contributed by atoms with Gasteiger partial charge >= 0.3 is 5.97 Å². The van der Waals surface area contributed by atoms with Crippen molar-refractivity contribution in [2.45, 2.75) is 32.1 Å². The maximum Gasteiger partial charge on any atom is 0.303 e. The van der Waals surface area contributed by atoms with E-state index in [9.17, 15) is 4.79 Å². The van der Waals surface area contributed by atoms with Crippen LogP contribution in [0, 0.1) is 29.1 Å². The van der Waals surface area contributed by atoms with Gasteiger partial charge in [0, 0.05) is 0 Å². The molecule has 15 heavy (non-hydrogen) atoms. The minimum Gasteiger partial charge on any atom is -0.481 e. The summed E-state index contributed by atoms with van der Waals surface area (Å²) < 4.78 is 0. The summed E-state index contributed by atoms with van der Waals surface area (Å²) >= 11 is 0. The number of carboxylic acids is 1. The molecule has 0 radical (unpaired) electrons. The van der Waals surface area contributed by atoms with Gasteiger partial charge in [-0.3, -0.25) is 4.79 Å². The maximum atomic E-state index is 11.0. The molecule has 0 bridgehead atoms. The van der Waals surface area contributed by atoms with Crippen LogP contribution in [0.5, 0.6) is 0 Å². The van der Waals surface area contributed by atoms with E-state index < -0.39 is 5.97 Å². The Morgan fingerprint density at radius 3 is 2.33 bits per heavy atom. The normalized spacial score (nSPS) is 51.3. The van der Waals surface area contributed by atoms with Gasteiger partial charge < -0.3 is 10.8 Å². The summed E-state index contributed by atoms with van der Waals surface area (Å²) in [6.45, 7) is 0.581. The van der Waals surface area contributed by atoms with Gasteiger partial charge in [-0.15, -0.1) is 0 Å². The zero-order chi connectivity index (χ0) is 10.6. The summed E-state index contributed by atoms with van der Waals surface area (Å²) in [5, 5.41) is 9.04. The Bertz CT molecular complexity index is 286. The van der Waals surface area contributed by atoms with Gasteiger partial charge in [0.25, 0.3) is 0 Å². The van der Waals surface area contributed by atoms with Crippen LogP contribution >= 0.6 is 0 Å². The number of carboxylic acid groups (broad SMARTS) is 1. The molecule has 3 aliphatic rings. The average Bonchev–Trinajstić information content (AvgIpc) is 2.67. The Balaban J connectivity index is 1.88. The van der Waals surface area contributed by atoms with Crippen LogP contribution in [0.3, 0.4) is 0 Å². The average molecular weight is 209 g/mol. The molecule has 3 saturated carbocycles. The molecule has 0 spiro atoms. The highest BCUT2D eigenvalue weighted by Gasteiger charge is 2.67. The number of hydrogen-bond acceptors (Lipinski definition) is 2. The first-order chi connectivity index (χ1) is 7.19. The Morgan fingerprint density at radius 1 is 1.27 bits per heavy atom. The van der Waals surface area contributed by atoms with Crippen molar-refractivity contribution in [3.05, 3.63) is 0 Å². The monoisotopic (exact) mass is 209 g/mol. The molecule has 0 aromatic carbocycles. The van der Waals surface area contributed by atoms with Crippen LogP contribution in [0.15, 0.2) is 0 Å². The molecule has 3 nitrogen and oxygen atoms in total. The van der Waals surface area contributed by atoms with Crippen molar-refractivity contribution in [2.75, 3.05) is 6.54 Å². The molecule has 0 aliphatic heterocycles. The third kappa shape index (κ3) is 1.02. The lowest BCUT2D eigenvalue weighted by Crippen LogP contribution is -2.58. The second-order valence-electron chi connectivity index (χ2n) is 5.71. The van der Waals surface area contributed by atoms with E-state index in [4.69, 9.17) is 10.8 Å². The van der Waals surface area contributed by atoms with Gasteiger partial charge in [0.1, 0.15) is 0 Å². The molecule has 3 heteroatoms. The van der Waals surface area contributed by atoms with E-state index in [0.29, 0.717) is 24.8 Å². The van der Waals surface area contributed by atoms with Crippen LogP contribution in [-0.2, 0) is 4.79 Å². The van der Waals surface area contributed by atoms with Crippen molar-refractivity contribution in [1.82, 2.24) is 0 Å². The zero-order valence-electron chi connectivity index (χ0n) is 8.98. The number of nitrogens with two attached hydrogens (primary N) is 1. The van der Waals surface area contributed by atoms with Crippen LogP contribution in [0.4, 0.5) is 0 Å². The first-order valence-corrected chi connectivity index (χ1v) is 6.11. The van der Waals surface area contributed by atoms with Crippen molar-refractivity contribution in [2.24, 2.45) is 34.8 Å². The molecule has 0 amide bonds. The predicted molar refractivity (Wildman–Crippen MR) is 56.2 cm³/mol. The van der Waals surface area contributed by atoms with Crippen molar-refractivity contribution in [3.8, 4) is 0 Å². The summed E-state index contributed by atoms with van der Waals surface area (Å²) in [4.78, 5) is 11.0. The molecule has 0 aromatic heterocycles. The zero-order valence-corrected chi connectivity index (χ0v) is 8.98. The van der Waals surface area contributed by atoms with Gasteiger partial charge in [-0.2, -0.15) is 0 Å². The van der Waals surface area contributed by atoms with Gasteiger partial charge in [-0.05, 0) is 61.3 Å². The fraction of sp³-hybridized carbons (Fsp3) is 0.917. The lowest BCUT2D eigenvalue weighted by atomic mass is 9.47. The molecule has 3 aliphatic carbocycles. The van der Waals surface area contributed by atoms with Crippen molar-refractivity contribution in [1.29, 1.82) is 0 Å². The molecular weight excluding hydrogens is 190 g/mol. The lowest BCUT2D eigenvalue weighted by Gasteiger charge is -2.57. The fourth-order valence-corrected chi connectivity index (χ4v) is 5.06. The largest absolute Gasteiger partial charge is 0.481 e. The van der Waals surface area contributed by atoms with Gasteiger partial charge in [-0.25, -0.2) is 0 Å². The van der Waals surface area contributed by atoms with E-state index in [1.807, 2.05) is 0 Å². The van der Waals surface area contributed by atoms with Crippen LogP contribution < -0.4 is 5.73 Å². The smallest absolute Gasteiger partial charge is 0.303 e. The molecule has 3 fully saturated rings. The molecule has 0 heterocycles. The van der Waals surface area contributed by atoms with Crippen molar-refractivity contribution >= 4 is 5.97 Å². The Hall–Kier alpha value is -0.570. The predicted octanol–water partition coefficient (Wildman–Crippen LogP) is 1.47. The summed E-state index contributed by atoms with van der Waals surface area (Å²) in [5.74, 6) is 2.36. The molecule has 0 aromatic rings. The topological polar surface area (TPSA) is 63.3 Å². The minimum atomic E-state index is -0.658. The van der Waals surface area contributed by atoms with E-state index in [0.717, 1.165) is 11.8 Å². The standard InChI is InChI=1S/C12H19NO2/c13-6-12(5-10(14)15)8-3-1-7-2-4-9(12)11(7)8/h7-9,11H,1-6,13H2,(H,14,15)/t7?,8-,9+,11+,12-. The highest BCUT2D eigenvalue weighted by molar-refractivity contribution is 5.68. The first kappa shape index (κ1) is 9.64. The summed E-state index contributed by atoms with van der Waals surface area (Å²) in [5.41, 5.74) is 5.87. The summed E-state index contributed by atoms with van der Waals surface area (Å²) in [7, 11) is 0. The minimum absolute atomic E-state index is 0.0260. The molecule has 5 atom stereocenters. The van der Waals surface area contributed by atoms with Gasteiger partial charge in [0.2, 0.25) is 0 Å². The second kappa shape index (κ2) is 2.97. The maximum absolute atomic E-state index is 11.0. The fourth-order valence-electron chi connectivity index (χ4n) is 5.06. The highest BCUT2D eigenvalue weighted by Crippen LogP contribution is 2.71. The highest BCUT2D eigenvalue weighted by atomic mass is 16.4. The molecule has 3 rings (SSSR count). The summed E-state index contributed by atoms with van der Waals surface area (Å²) in [6.07, 6.45) is 5.43. The van der Waals surface area contributed by atoms with E-state index in [-0.39, 0.29) is 5.41 Å². The van der Waals surface area contributed by atoms with Crippen molar-refractivity contribution < 1.29 is 9.90 Å². The van der Waals surface area contributed by atoms with Crippen molar-refractivity contribution in [3.63, 3.8) is 0 Å². The molecule has 1 unspecified atom stereocenters. The Kier molecular flexibility index (Phi) is 1.91. The number of carbonyl (C=O) groups is 1. The van der Waals surface area contributed by atoms with E-state index in [1.165, 1.54) is 25.7 Å². The molecule has 84 valence electrons. The van der Waals surface area contributed by atoms with Crippen LogP contribution in [-0.4, -0.2) is 17.6 Å². The van der Waals surface area contributed by atoms with Gasteiger partial charge in [0.15, 0.2) is 0 Å². The lowest BCUT2D eigenvalue weighted by molar-refractivity contribution is -0.153. The van der Waals surface area contributed by atoms with Crippen LogP contribution in [0.25, 0.3) is 0 Å². The first-order valence-electron chi connectivity index (χ1n) is 6.11. The van der Waals surface area contributed by atoms with Gasteiger partial charge in [0.05, 0.1) is 6.42 Å². The Morgan fingerprint density at radius 2 is 1.87 bits per heavy atom. The number of rotatable bonds is 3. The molecule has 3 N–H and O–H groups in total. The SMILES string of the molecule is NC[C@]1(CC(=O)O)[C@@H]2CCC3CC[C@H]1[C@@H]32. The van der Waals surface area contributed by atoms with E-state index >= 15 is 0 Å². The van der Waals surface area contributed by atoms with E-state index in [2.05, 4.69) is 0 Å². The number of hydrogen-bond donors (Lipinski definition) is 2. The van der Waals surface area contributed by atoms with E-state index in [1.54, 1.807) is 0 Å². The third-order valence-corrected chi connectivity index (χ3v) is 5.51. The van der Waals surface area contributed by atoms with Crippen LogP contribution in [0.1, 0.15) is 32.1 Å². The quantitative estimate of drug-likeness (QED) is 0.740. The molecule has 0 saturated heterocycles. The molecular formula is C12H19NO2. The third-order valence-electron chi connectivity index (χ3n) is 5.51. The second-order valence-corrected chi connectivity index (χ2v) is 5.71. The Labute approximate surface area is 90.0 Å². The van der Waals surface area contributed by atoms with Gasteiger partial charge in [-0.1, -0.05) is 0 Å². The summed E-state index contributed by atoms with van der Waals surface area (Å²) in [6, 6.07) is 0. The van der Waals surface area contributed by atoms with Crippen LogP contribution in [0.2, 0.25) is 0 Å².